The van der Waals surface area contributed by atoms with Gasteiger partial charge in [-0.15, -0.1) is 0 Å². The minimum atomic E-state index is -0.480. The largest absolute Gasteiger partial charge is 0.455 e. The monoisotopic (exact) mass is 386 g/mol. The lowest BCUT2D eigenvalue weighted by atomic mass is 9.77. The highest BCUT2D eigenvalue weighted by molar-refractivity contribution is 5.95. The molecule has 1 saturated carbocycles. The molecule has 1 aliphatic carbocycles. The summed E-state index contributed by atoms with van der Waals surface area (Å²) in [5.41, 5.74) is 0.742. The molecule has 1 saturated heterocycles. The fraction of sp³-hybridized carbons (Fsp3) is 0.591. The van der Waals surface area contributed by atoms with Crippen LogP contribution < -0.4 is 4.90 Å². The van der Waals surface area contributed by atoms with Gasteiger partial charge in [0.05, 0.1) is 5.92 Å². The van der Waals surface area contributed by atoms with E-state index in [1.807, 2.05) is 35.2 Å². The van der Waals surface area contributed by atoms with E-state index in [1.54, 1.807) is 7.05 Å². The second kappa shape index (κ2) is 8.76. The maximum atomic E-state index is 12.5. The number of esters is 1. The molecule has 1 aromatic rings. The zero-order valence-electron chi connectivity index (χ0n) is 17.0. The van der Waals surface area contributed by atoms with Crippen molar-refractivity contribution in [2.45, 2.75) is 45.6 Å². The Morgan fingerprint density at radius 1 is 1.18 bits per heavy atom. The van der Waals surface area contributed by atoms with Gasteiger partial charge in [0, 0.05) is 31.7 Å². The Kier molecular flexibility index (Phi) is 6.37. The Morgan fingerprint density at radius 2 is 1.89 bits per heavy atom. The molecule has 2 amide bonds. The third-order valence-electron chi connectivity index (χ3n) is 6.41. The molecular weight excluding hydrogens is 356 g/mol. The lowest BCUT2D eigenvalue weighted by Gasteiger charge is -2.39. The molecule has 1 aromatic carbocycles. The number of likely N-dealkylation sites (tertiary alicyclic amines) is 1. The molecule has 0 N–H and O–H groups in total. The van der Waals surface area contributed by atoms with Crippen LogP contribution in [-0.4, -0.2) is 48.9 Å². The lowest BCUT2D eigenvalue weighted by molar-refractivity contribution is -0.151. The molecule has 1 aliphatic heterocycles. The molecule has 0 radical (unpaired) electrons. The van der Waals surface area contributed by atoms with Crippen LogP contribution in [0.4, 0.5) is 5.69 Å². The van der Waals surface area contributed by atoms with Gasteiger partial charge in [-0.1, -0.05) is 44.9 Å². The van der Waals surface area contributed by atoms with Crippen molar-refractivity contribution in [1.29, 1.82) is 0 Å². The topological polar surface area (TPSA) is 66.9 Å². The minimum absolute atomic E-state index is 0.0284. The molecule has 6 heteroatoms. The maximum absolute atomic E-state index is 12.5. The average Bonchev–Trinajstić information content (AvgIpc) is 3.09. The highest BCUT2D eigenvalue weighted by Gasteiger charge is 2.42. The smallest absolute Gasteiger partial charge is 0.311 e. The number of hydrogen-bond acceptors (Lipinski definition) is 4. The van der Waals surface area contributed by atoms with Crippen molar-refractivity contribution >= 4 is 23.5 Å². The molecule has 1 heterocycles. The predicted octanol–water partition coefficient (Wildman–Crippen LogP) is 2.87. The third kappa shape index (κ3) is 4.37. The van der Waals surface area contributed by atoms with Crippen LogP contribution in [-0.2, 0) is 19.1 Å². The van der Waals surface area contributed by atoms with Gasteiger partial charge in [-0.25, -0.2) is 0 Å². The van der Waals surface area contributed by atoms with Crippen molar-refractivity contribution in [3.8, 4) is 0 Å². The fourth-order valence-electron chi connectivity index (χ4n) is 4.35. The van der Waals surface area contributed by atoms with Gasteiger partial charge >= 0.3 is 5.97 Å². The zero-order valence-corrected chi connectivity index (χ0v) is 17.0. The van der Waals surface area contributed by atoms with E-state index < -0.39 is 11.9 Å². The summed E-state index contributed by atoms with van der Waals surface area (Å²) in [6, 6.07) is 9.41. The molecule has 0 bridgehead atoms. The van der Waals surface area contributed by atoms with Crippen LogP contribution in [0.3, 0.4) is 0 Å². The first-order chi connectivity index (χ1) is 13.4. The molecule has 4 atom stereocenters. The van der Waals surface area contributed by atoms with Gasteiger partial charge in [0.2, 0.25) is 5.91 Å². The lowest BCUT2D eigenvalue weighted by Crippen LogP contribution is -2.45. The Morgan fingerprint density at radius 3 is 2.61 bits per heavy atom. The van der Waals surface area contributed by atoms with Crippen molar-refractivity contribution in [3.63, 3.8) is 0 Å². The zero-order chi connectivity index (χ0) is 20.3. The summed E-state index contributed by atoms with van der Waals surface area (Å²) in [4.78, 5) is 40.6. The molecular formula is C22H30N2O4. The van der Waals surface area contributed by atoms with E-state index in [4.69, 9.17) is 4.74 Å². The number of rotatable bonds is 5. The number of carbonyl (C=O) groups is 3. The Labute approximate surface area is 166 Å². The summed E-state index contributed by atoms with van der Waals surface area (Å²) in [6.07, 6.45) is 3.50. The molecule has 2 fully saturated rings. The first kappa shape index (κ1) is 20.4. The average molecular weight is 386 g/mol. The van der Waals surface area contributed by atoms with Gasteiger partial charge in [-0.2, -0.15) is 0 Å². The molecule has 0 aromatic heterocycles. The first-order valence-electron chi connectivity index (χ1n) is 10.2. The van der Waals surface area contributed by atoms with E-state index in [1.165, 1.54) is 11.3 Å². The predicted molar refractivity (Wildman–Crippen MR) is 107 cm³/mol. The van der Waals surface area contributed by atoms with Gasteiger partial charge in [-0.05, 0) is 30.4 Å². The van der Waals surface area contributed by atoms with Gasteiger partial charge in [-0.3, -0.25) is 14.4 Å². The van der Waals surface area contributed by atoms with Crippen LogP contribution in [0.1, 0.15) is 39.5 Å². The van der Waals surface area contributed by atoms with Crippen molar-refractivity contribution in [1.82, 2.24) is 4.90 Å². The van der Waals surface area contributed by atoms with Crippen molar-refractivity contribution in [2.24, 2.45) is 17.8 Å². The molecule has 0 spiro atoms. The van der Waals surface area contributed by atoms with Crippen LogP contribution in [0.5, 0.6) is 0 Å². The Hall–Kier alpha value is -2.37. The normalized spacial score (nSPS) is 27.5. The first-order valence-corrected chi connectivity index (χ1v) is 10.2. The molecule has 152 valence electrons. The van der Waals surface area contributed by atoms with E-state index in [0.29, 0.717) is 18.4 Å². The number of amides is 2. The second-order valence-corrected chi connectivity index (χ2v) is 8.18. The molecule has 6 nitrogen and oxygen atoms in total. The highest BCUT2D eigenvalue weighted by Crippen LogP contribution is 2.35. The SMILES string of the molecule is C[C@@H]1[C@H](C)CCC[C@@H]1N1C[C@H](C(=O)OCC(=O)N(C)c2ccccc2)CC1=O. The maximum Gasteiger partial charge on any atom is 0.311 e. The van der Waals surface area contributed by atoms with Crippen LogP contribution in [0.15, 0.2) is 30.3 Å². The van der Waals surface area contributed by atoms with E-state index in [9.17, 15) is 14.4 Å². The Bertz CT molecular complexity index is 721. The summed E-state index contributed by atoms with van der Waals surface area (Å²) in [5, 5.41) is 0. The highest BCUT2D eigenvalue weighted by atomic mass is 16.5. The van der Waals surface area contributed by atoms with E-state index in [2.05, 4.69) is 13.8 Å². The number of ether oxygens (including phenoxy) is 1. The number of carbonyl (C=O) groups excluding carboxylic acids is 3. The van der Waals surface area contributed by atoms with Gasteiger partial charge in [0.1, 0.15) is 0 Å². The van der Waals surface area contributed by atoms with E-state index in [-0.39, 0.29) is 30.9 Å². The molecule has 2 aliphatic rings. The van der Waals surface area contributed by atoms with Gasteiger partial charge < -0.3 is 14.5 Å². The minimum Gasteiger partial charge on any atom is -0.455 e. The fourth-order valence-corrected chi connectivity index (χ4v) is 4.35. The second-order valence-electron chi connectivity index (χ2n) is 8.18. The van der Waals surface area contributed by atoms with Crippen LogP contribution in [0.2, 0.25) is 0 Å². The summed E-state index contributed by atoms with van der Waals surface area (Å²) in [5.74, 6) is -0.178. The molecule has 28 heavy (non-hydrogen) atoms. The van der Waals surface area contributed by atoms with Crippen LogP contribution in [0, 0.1) is 17.8 Å². The summed E-state index contributed by atoms with van der Waals surface area (Å²) < 4.78 is 5.25. The van der Waals surface area contributed by atoms with Gasteiger partial charge in [0.25, 0.3) is 5.91 Å². The summed E-state index contributed by atoms with van der Waals surface area (Å²) in [6.45, 7) is 4.53. The molecule has 0 unspecified atom stereocenters. The summed E-state index contributed by atoms with van der Waals surface area (Å²) >= 11 is 0. The number of hydrogen-bond donors (Lipinski definition) is 0. The summed E-state index contributed by atoms with van der Waals surface area (Å²) in [7, 11) is 1.65. The quantitative estimate of drug-likeness (QED) is 0.730. The number of nitrogens with zero attached hydrogens (tertiary/aromatic N) is 2. The molecule has 3 rings (SSSR count). The standard InChI is InChI=1S/C22H30N2O4/c1-15-8-7-11-19(16(15)2)24-13-17(12-20(24)25)22(27)28-14-21(26)23(3)18-9-5-4-6-10-18/h4-6,9-10,15-17,19H,7-8,11-14H2,1-3H3/t15-,16-,17-,19+/m1/s1. The third-order valence-corrected chi connectivity index (χ3v) is 6.41. The number of benzene rings is 1. The van der Waals surface area contributed by atoms with Gasteiger partial charge in [0.15, 0.2) is 6.61 Å². The number of likely N-dealkylation sites (N-methyl/N-ethyl adjacent to an activating group) is 1. The van der Waals surface area contributed by atoms with Crippen molar-refractivity contribution in [2.75, 3.05) is 25.1 Å². The van der Waals surface area contributed by atoms with Crippen molar-refractivity contribution in [3.05, 3.63) is 30.3 Å². The Balaban J connectivity index is 1.52. The van der Waals surface area contributed by atoms with Crippen molar-refractivity contribution < 1.29 is 19.1 Å². The van der Waals surface area contributed by atoms with E-state index >= 15 is 0 Å². The number of anilines is 1. The van der Waals surface area contributed by atoms with E-state index in [0.717, 1.165) is 18.5 Å². The van der Waals surface area contributed by atoms with Crippen LogP contribution in [0.25, 0.3) is 0 Å². The van der Waals surface area contributed by atoms with Crippen LogP contribution >= 0.6 is 0 Å². The number of para-hydroxylation sites is 1.